The van der Waals surface area contributed by atoms with Gasteiger partial charge in [-0.1, -0.05) is 6.08 Å². The maximum atomic E-state index is 13.9. The number of nitrogens with zero attached hydrogens (tertiary/aromatic N) is 1. The van der Waals surface area contributed by atoms with Crippen LogP contribution in [-0.4, -0.2) is 24.7 Å². The van der Waals surface area contributed by atoms with Crippen molar-refractivity contribution in [1.29, 1.82) is 0 Å². The zero-order chi connectivity index (χ0) is 19.8. The largest absolute Gasteiger partial charge is 0.493 e. The summed E-state index contributed by atoms with van der Waals surface area (Å²) in [5, 5.41) is 0. The molecular weight excluding hydrogens is 383 g/mol. The Morgan fingerprint density at radius 3 is 2.79 bits per heavy atom. The Morgan fingerprint density at radius 2 is 2.11 bits per heavy atom. The van der Waals surface area contributed by atoms with Crippen LogP contribution in [0.3, 0.4) is 0 Å². The molecule has 2 rings (SSSR count). The smallest absolute Gasteiger partial charge is 0.307 e. The molecule has 0 radical (unpaired) electrons. The summed E-state index contributed by atoms with van der Waals surface area (Å²) in [7, 11) is 1.32. The Balaban J connectivity index is 0.00000392. The third-order valence-corrected chi connectivity index (χ3v) is 4.16. The van der Waals surface area contributed by atoms with Crippen LogP contribution in [-0.2, 0) is 9.53 Å². The van der Waals surface area contributed by atoms with Crippen LogP contribution in [0.1, 0.15) is 36.4 Å². The van der Waals surface area contributed by atoms with Gasteiger partial charge in [0.1, 0.15) is 11.6 Å². The molecule has 0 saturated carbocycles. The summed E-state index contributed by atoms with van der Waals surface area (Å²) in [4.78, 5) is 15.7. The van der Waals surface area contributed by atoms with Gasteiger partial charge in [-0.3, -0.25) is 9.78 Å². The number of hydrogen-bond donors (Lipinski definition) is 1. The number of halogens is 2. The highest BCUT2D eigenvalue weighted by atomic mass is 35.5. The van der Waals surface area contributed by atoms with E-state index in [9.17, 15) is 9.18 Å². The molecule has 1 aromatic heterocycles. The minimum Gasteiger partial charge on any atom is -0.493 e. The quantitative estimate of drug-likeness (QED) is 0.375. The number of ether oxygens (including phenoxy) is 2. The van der Waals surface area contributed by atoms with E-state index in [1.54, 1.807) is 12.4 Å². The summed E-state index contributed by atoms with van der Waals surface area (Å²) in [6.45, 7) is 5.95. The lowest BCUT2D eigenvalue weighted by Crippen LogP contribution is -2.16. The average molecular weight is 409 g/mol. The van der Waals surface area contributed by atoms with Crippen LogP contribution < -0.4 is 10.5 Å². The van der Waals surface area contributed by atoms with E-state index in [0.29, 0.717) is 17.9 Å². The van der Waals surface area contributed by atoms with Crippen LogP contribution in [0.2, 0.25) is 0 Å². The number of nitrogens with two attached hydrogens (primary N) is 1. The maximum absolute atomic E-state index is 13.9. The molecule has 0 aliphatic heterocycles. The third kappa shape index (κ3) is 6.32. The Bertz CT molecular complexity index is 814. The SMILES string of the molecule is C=CCCCOc1cc(F)cc(C)c1-c1cncc(C(N)CC(=O)OC)c1.Cl. The maximum Gasteiger partial charge on any atom is 0.307 e. The van der Waals surface area contributed by atoms with Gasteiger partial charge in [0.25, 0.3) is 0 Å². The number of aromatic nitrogens is 1. The van der Waals surface area contributed by atoms with Crippen LogP contribution in [0.15, 0.2) is 43.2 Å². The van der Waals surface area contributed by atoms with Crippen molar-refractivity contribution in [3.63, 3.8) is 0 Å². The van der Waals surface area contributed by atoms with Crippen LogP contribution in [0, 0.1) is 12.7 Å². The number of allylic oxidation sites excluding steroid dienone is 1. The highest BCUT2D eigenvalue weighted by Gasteiger charge is 2.16. The van der Waals surface area contributed by atoms with E-state index in [-0.39, 0.29) is 24.6 Å². The summed E-state index contributed by atoms with van der Waals surface area (Å²) >= 11 is 0. The number of unbranched alkanes of at least 4 members (excludes halogenated alkanes) is 1. The summed E-state index contributed by atoms with van der Waals surface area (Å²) in [5.74, 6) is -0.296. The minimum atomic E-state index is -0.539. The highest BCUT2D eigenvalue weighted by molar-refractivity contribution is 5.85. The standard InChI is InChI=1S/C21H25FN2O3.ClH/c1-4-5-6-7-27-19-10-17(22)8-14(2)21(19)16-9-15(12-24-13-16)18(23)11-20(25)26-3;/h4,8-10,12-13,18H,1,5-7,11,23H2,2-3H3;1H. The number of rotatable bonds is 9. The van der Waals surface area contributed by atoms with Crippen molar-refractivity contribution >= 4 is 18.4 Å². The molecule has 0 saturated heterocycles. The van der Waals surface area contributed by atoms with Crippen LogP contribution in [0.25, 0.3) is 11.1 Å². The van der Waals surface area contributed by atoms with Gasteiger partial charge in [0.05, 0.1) is 20.1 Å². The molecule has 5 nitrogen and oxygen atoms in total. The van der Waals surface area contributed by atoms with E-state index < -0.39 is 12.0 Å². The van der Waals surface area contributed by atoms with Gasteiger partial charge in [0, 0.05) is 35.6 Å². The van der Waals surface area contributed by atoms with Crippen LogP contribution >= 0.6 is 12.4 Å². The van der Waals surface area contributed by atoms with E-state index in [1.165, 1.54) is 19.2 Å². The van der Waals surface area contributed by atoms with Gasteiger partial charge in [-0.15, -0.1) is 19.0 Å². The molecule has 7 heteroatoms. The molecular formula is C21H26ClFN2O3. The van der Waals surface area contributed by atoms with Crippen LogP contribution in [0.4, 0.5) is 4.39 Å². The number of methoxy groups -OCH3 is 1. The lowest BCUT2D eigenvalue weighted by Gasteiger charge is -2.16. The second-order valence-electron chi connectivity index (χ2n) is 6.27. The monoisotopic (exact) mass is 408 g/mol. The number of esters is 1. The molecule has 0 spiro atoms. The van der Waals surface area contributed by atoms with Crippen molar-refractivity contribution in [2.45, 2.75) is 32.2 Å². The normalized spacial score (nSPS) is 11.3. The molecule has 28 heavy (non-hydrogen) atoms. The van der Waals surface area contributed by atoms with E-state index in [1.807, 2.05) is 19.1 Å². The van der Waals surface area contributed by atoms with Gasteiger partial charge in [-0.25, -0.2) is 4.39 Å². The molecule has 0 fully saturated rings. The first kappa shape index (κ1) is 23.6. The third-order valence-electron chi connectivity index (χ3n) is 4.16. The molecule has 2 aromatic rings. The second-order valence-corrected chi connectivity index (χ2v) is 6.27. The fourth-order valence-electron chi connectivity index (χ4n) is 2.78. The zero-order valence-corrected chi connectivity index (χ0v) is 16.9. The topological polar surface area (TPSA) is 74.4 Å². The van der Waals surface area contributed by atoms with Gasteiger partial charge >= 0.3 is 5.97 Å². The molecule has 1 unspecified atom stereocenters. The lowest BCUT2D eigenvalue weighted by atomic mass is 9.97. The van der Waals surface area contributed by atoms with Crippen molar-refractivity contribution < 1.29 is 18.7 Å². The summed E-state index contributed by atoms with van der Waals surface area (Å²) in [5.41, 5.74) is 9.03. The number of carbonyl (C=O) groups is 1. The molecule has 152 valence electrons. The number of pyridine rings is 1. The number of carbonyl (C=O) groups excluding carboxylic acids is 1. The Kier molecular flexibility index (Phi) is 9.62. The van der Waals surface area contributed by atoms with Crippen molar-refractivity contribution in [2.75, 3.05) is 13.7 Å². The van der Waals surface area contributed by atoms with Crippen molar-refractivity contribution in [1.82, 2.24) is 4.98 Å². The molecule has 0 aliphatic carbocycles. The highest BCUT2D eigenvalue weighted by Crippen LogP contribution is 2.35. The summed E-state index contributed by atoms with van der Waals surface area (Å²) in [6, 6.07) is 4.13. The van der Waals surface area contributed by atoms with E-state index >= 15 is 0 Å². The Labute approximate surface area is 171 Å². The molecule has 0 bridgehead atoms. The first-order chi connectivity index (χ1) is 13.0. The van der Waals surface area contributed by atoms with E-state index in [0.717, 1.165) is 29.5 Å². The molecule has 0 amide bonds. The lowest BCUT2D eigenvalue weighted by molar-refractivity contribution is -0.141. The number of hydrogen-bond acceptors (Lipinski definition) is 5. The molecule has 1 heterocycles. The van der Waals surface area contributed by atoms with E-state index in [2.05, 4.69) is 16.3 Å². The van der Waals surface area contributed by atoms with Gasteiger partial charge in [-0.05, 0) is 43.0 Å². The fourth-order valence-corrected chi connectivity index (χ4v) is 2.78. The van der Waals surface area contributed by atoms with Crippen molar-refractivity contribution in [3.8, 4) is 16.9 Å². The molecule has 1 aromatic carbocycles. The summed E-state index contributed by atoms with van der Waals surface area (Å²) < 4.78 is 24.4. The predicted molar refractivity (Wildman–Crippen MR) is 110 cm³/mol. The van der Waals surface area contributed by atoms with Gasteiger partial charge in [0.15, 0.2) is 0 Å². The molecule has 2 N–H and O–H groups in total. The molecule has 1 atom stereocenters. The first-order valence-electron chi connectivity index (χ1n) is 8.77. The fraction of sp³-hybridized carbons (Fsp3) is 0.333. The Morgan fingerprint density at radius 1 is 1.36 bits per heavy atom. The zero-order valence-electron chi connectivity index (χ0n) is 16.1. The van der Waals surface area contributed by atoms with Gasteiger partial charge < -0.3 is 15.2 Å². The van der Waals surface area contributed by atoms with Crippen molar-refractivity contribution in [3.05, 3.63) is 60.2 Å². The van der Waals surface area contributed by atoms with E-state index in [4.69, 9.17) is 10.5 Å². The molecule has 0 aliphatic rings. The van der Waals surface area contributed by atoms with Crippen LogP contribution in [0.5, 0.6) is 5.75 Å². The Hall–Kier alpha value is -2.44. The summed E-state index contributed by atoms with van der Waals surface area (Å²) in [6.07, 6.45) is 6.77. The van der Waals surface area contributed by atoms with Gasteiger partial charge in [0.2, 0.25) is 0 Å². The van der Waals surface area contributed by atoms with Gasteiger partial charge in [-0.2, -0.15) is 0 Å². The predicted octanol–water partition coefficient (Wildman–Crippen LogP) is 4.53. The number of aryl methyl sites for hydroxylation is 1. The number of benzene rings is 1. The minimum absolute atomic E-state index is 0. The second kappa shape index (κ2) is 11.4. The average Bonchev–Trinajstić information content (AvgIpc) is 2.64. The van der Waals surface area contributed by atoms with Crippen molar-refractivity contribution in [2.24, 2.45) is 5.73 Å². The first-order valence-corrected chi connectivity index (χ1v) is 8.77.